The Bertz CT molecular complexity index is 912. The van der Waals surface area contributed by atoms with E-state index in [2.05, 4.69) is 10.9 Å². The molecule has 0 unspecified atom stereocenters. The first kappa shape index (κ1) is 20.0. The van der Waals surface area contributed by atoms with Gasteiger partial charge in [0, 0.05) is 18.4 Å². The van der Waals surface area contributed by atoms with Crippen LogP contribution >= 0.6 is 0 Å². The van der Waals surface area contributed by atoms with Gasteiger partial charge < -0.3 is 4.74 Å². The molecule has 2 N–H and O–H groups in total. The summed E-state index contributed by atoms with van der Waals surface area (Å²) >= 11 is 0. The number of ether oxygens (including phenoxy) is 1. The first-order valence-corrected chi connectivity index (χ1v) is 8.82. The van der Waals surface area contributed by atoms with Gasteiger partial charge in [0.1, 0.15) is 11.6 Å². The van der Waals surface area contributed by atoms with Crippen LogP contribution in [-0.2, 0) is 20.9 Å². The molecule has 0 bridgehead atoms. The van der Waals surface area contributed by atoms with Crippen LogP contribution in [-0.4, -0.2) is 35.1 Å². The second-order valence-corrected chi connectivity index (χ2v) is 6.32. The number of carbonyl (C=O) groups is 4. The first-order valence-electron chi connectivity index (χ1n) is 8.82. The maximum atomic E-state index is 12.8. The van der Waals surface area contributed by atoms with Crippen LogP contribution in [0, 0.1) is 5.82 Å². The van der Waals surface area contributed by atoms with E-state index in [1.165, 1.54) is 41.3 Å². The standard InChI is InChI=1S/C20H18FN3O5/c21-15-5-7-16(8-6-15)29-12-17(25)22-23-20(28)14-3-1-13(2-4-14)11-24-18(26)9-10-19(24)27/h1-8H,9-12H2,(H,22,25)(H,23,28). The molecule has 8 nitrogen and oxygen atoms in total. The minimum atomic E-state index is -0.592. The van der Waals surface area contributed by atoms with Crippen molar-refractivity contribution in [3.8, 4) is 5.75 Å². The van der Waals surface area contributed by atoms with Gasteiger partial charge in [-0.15, -0.1) is 0 Å². The molecule has 0 radical (unpaired) electrons. The second kappa shape index (κ2) is 8.96. The molecular formula is C20H18FN3O5. The van der Waals surface area contributed by atoms with Gasteiger partial charge >= 0.3 is 0 Å². The molecular weight excluding hydrogens is 381 g/mol. The number of amides is 4. The molecule has 2 aromatic carbocycles. The highest BCUT2D eigenvalue weighted by Gasteiger charge is 2.28. The quantitative estimate of drug-likeness (QED) is 0.563. The third-order valence-electron chi connectivity index (χ3n) is 4.21. The molecule has 3 rings (SSSR count). The number of hydrazine groups is 1. The van der Waals surface area contributed by atoms with E-state index >= 15 is 0 Å². The Balaban J connectivity index is 1.45. The minimum Gasteiger partial charge on any atom is -0.484 e. The number of nitrogens with zero attached hydrogens (tertiary/aromatic N) is 1. The molecule has 9 heteroatoms. The number of nitrogens with one attached hydrogen (secondary N) is 2. The van der Waals surface area contributed by atoms with Crippen molar-refractivity contribution in [2.75, 3.05) is 6.61 Å². The average Bonchev–Trinajstić information content (AvgIpc) is 3.04. The normalized spacial score (nSPS) is 13.3. The van der Waals surface area contributed by atoms with Crippen molar-refractivity contribution in [2.24, 2.45) is 0 Å². The van der Waals surface area contributed by atoms with E-state index in [1.54, 1.807) is 12.1 Å². The van der Waals surface area contributed by atoms with Crippen molar-refractivity contribution >= 4 is 23.6 Å². The van der Waals surface area contributed by atoms with Crippen molar-refractivity contribution in [1.82, 2.24) is 15.8 Å². The maximum absolute atomic E-state index is 12.8. The third-order valence-corrected chi connectivity index (χ3v) is 4.21. The molecule has 2 aromatic rings. The Kier molecular flexibility index (Phi) is 6.18. The fraction of sp³-hybridized carbons (Fsp3) is 0.200. The zero-order chi connectivity index (χ0) is 20.8. The Morgan fingerprint density at radius 2 is 1.55 bits per heavy atom. The molecule has 150 valence electrons. The number of halogens is 1. The Hall–Kier alpha value is -3.75. The zero-order valence-electron chi connectivity index (χ0n) is 15.3. The lowest BCUT2D eigenvalue weighted by Crippen LogP contribution is -2.43. The summed E-state index contributed by atoms with van der Waals surface area (Å²) in [5, 5.41) is 0. The molecule has 1 heterocycles. The summed E-state index contributed by atoms with van der Waals surface area (Å²) in [6.07, 6.45) is 0.452. The van der Waals surface area contributed by atoms with Crippen LogP contribution in [0.4, 0.5) is 4.39 Å². The van der Waals surface area contributed by atoms with E-state index in [-0.39, 0.29) is 43.4 Å². The first-order chi connectivity index (χ1) is 13.9. The van der Waals surface area contributed by atoms with E-state index in [0.29, 0.717) is 11.3 Å². The summed E-state index contributed by atoms with van der Waals surface area (Å²) in [5.41, 5.74) is 5.46. The summed E-state index contributed by atoms with van der Waals surface area (Å²) in [6.45, 7) is -0.195. The van der Waals surface area contributed by atoms with Crippen LogP contribution in [0.25, 0.3) is 0 Å². The van der Waals surface area contributed by atoms with Gasteiger partial charge in [-0.05, 0) is 42.0 Å². The predicted molar refractivity (Wildman–Crippen MR) is 98.7 cm³/mol. The second-order valence-electron chi connectivity index (χ2n) is 6.32. The number of hydrogen-bond donors (Lipinski definition) is 2. The Morgan fingerprint density at radius 1 is 0.931 bits per heavy atom. The fourth-order valence-corrected chi connectivity index (χ4v) is 2.66. The van der Waals surface area contributed by atoms with Crippen LogP contribution in [0.15, 0.2) is 48.5 Å². The van der Waals surface area contributed by atoms with Crippen molar-refractivity contribution in [1.29, 1.82) is 0 Å². The number of rotatable bonds is 6. The average molecular weight is 399 g/mol. The van der Waals surface area contributed by atoms with E-state index in [4.69, 9.17) is 4.74 Å². The van der Waals surface area contributed by atoms with Gasteiger partial charge in [0.25, 0.3) is 11.8 Å². The number of likely N-dealkylation sites (tertiary alicyclic amines) is 1. The molecule has 0 aromatic heterocycles. The minimum absolute atomic E-state index is 0.164. The third kappa shape index (κ3) is 5.38. The van der Waals surface area contributed by atoms with E-state index in [9.17, 15) is 23.6 Å². The van der Waals surface area contributed by atoms with Gasteiger partial charge in [0.05, 0.1) is 6.54 Å². The molecule has 1 aliphatic rings. The molecule has 29 heavy (non-hydrogen) atoms. The lowest BCUT2D eigenvalue weighted by molar-refractivity contribution is -0.139. The summed E-state index contributed by atoms with van der Waals surface area (Å²) in [7, 11) is 0. The van der Waals surface area contributed by atoms with E-state index in [1.807, 2.05) is 0 Å². The van der Waals surface area contributed by atoms with Gasteiger partial charge in [0.2, 0.25) is 11.8 Å². The van der Waals surface area contributed by atoms with Crippen molar-refractivity contribution in [3.05, 3.63) is 65.5 Å². The van der Waals surface area contributed by atoms with Crippen molar-refractivity contribution in [2.45, 2.75) is 19.4 Å². The lowest BCUT2D eigenvalue weighted by Gasteiger charge is -2.14. The number of hydrogen-bond acceptors (Lipinski definition) is 5. The SMILES string of the molecule is O=C(COc1ccc(F)cc1)NNC(=O)c1ccc(CN2C(=O)CCC2=O)cc1. The number of imide groups is 1. The summed E-state index contributed by atoms with van der Waals surface area (Å²) in [4.78, 5) is 48.3. The van der Waals surface area contributed by atoms with Crippen molar-refractivity contribution in [3.63, 3.8) is 0 Å². The maximum Gasteiger partial charge on any atom is 0.276 e. The zero-order valence-corrected chi connectivity index (χ0v) is 15.3. The van der Waals surface area contributed by atoms with Crippen LogP contribution in [0.2, 0.25) is 0 Å². The van der Waals surface area contributed by atoms with Gasteiger partial charge in [0.15, 0.2) is 6.61 Å². The van der Waals surface area contributed by atoms with Gasteiger partial charge in [-0.1, -0.05) is 12.1 Å². The topological polar surface area (TPSA) is 105 Å². The number of benzene rings is 2. The van der Waals surface area contributed by atoms with E-state index in [0.717, 1.165) is 0 Å². The molecule has 0 saturated carbocycles. The Labute approximate surface area is 165 Å². The smallest absolute Gasteiger partial charge is 0.276 e. The fourth-order valence-electron chi connectivity index (χ4n) is 2.66. The van der Waals surface area contributed by atoms with Gasteiger partial charge in [-0.3, -0.25) is 34.9 Å². The summed E-state index contributed by atoms with van der Waals surface area (Å²) < 4.78 is 18.0. The molecule has 4 amide bonds. The highest BCUT2D eigenvalue weighted by Crippen LogP contribution is 2.16. The highest BCUT2D eigenvalue weighted by molar-refractivity contribution is 6.01. The molecule has 0 spiro atoms. The van der Waals surface area contributed by atoms with E-state index < -0.39 is 17.6 Å². The van der Waals surface area contributed by atoms with Gasteiger partial charge in [-0.25, -0.2) is 4.39 Å². The largest absolute Gasteiger partial charge is 0.484 e. The molecule has 1 aliphatic heterocycles. The predicted octanol–water partition coefficient (Wildman–Crippen LogP) is 1.31. The van der Waals surface area contributed by atoms with Gasteiger partial charge in [-0.2, -0.15) is 0 Å². The summed E-state index contributed by atoms with van der Waals surface area (Å²) in [6, 6.07) is 11.5. The molecule has 0 aliphatic carbocycles. The highest BCUT2D eigenvalue weighted by atomic mass is 19.1. The number of carbonyl (C=O) groups excluding carboxylic acids is 4. The molecule has 0 atom stereocenters. The van der Waals surface area contributed by atoms with Crippen LogP contribution in [0.1, 0.15) is 28.8 Å². The van der Waals surface area contributed by atoms with Crippen molar-refractivity contribution < 1.29 is 28.3 Å². The molecule has 1 saturated heterocycles. The summed E-state index contributed by atoms with van der Waals surface area (Å²) in [5.74, 6) is -1.65. The molecule has 1 fully saturated rings. The Morgan fingerprint density at radius 3 is 2.17 bits per heavy atom. The van der Waals surface area contributed by atoms with Crippen LogP contribution in [0.3, 0.4) is 0 Å². The monoisotopic (exact) mass is 399 g/mol. The lowest BCUT2D eigenvalue weighted by atomic mass is 10.1. The van der Waals surface area contributed by atoms with Crippen LogP contribution in [0.5, 0.6) is 5.75 Å². The van der Waals surface area contributed by atoms with Crippen LogP contribution < -0.4 is 15.6 Å².